The van der Waals surface area contributed by atoms with E-state index in [0.29, 0.717) is 17.3 Å². The Morgan fingerprint density at radius 1 is 1.32 bits per heavy atom. The van der Waals surface area contributed by atoms with Gasteiger partial charge in [0.1, 0.15) is 18.4 Å². The lowest BCUT2D eigenvalue weighted by atomic mass is 10.3. The molecule has 1 aliphatic heterocycles. The van der Waals surface area contributed by atoms with Crippen LogP contribution in [0.25, 0.3) is 0 Å². The van der Waals surface area contributed by atoms with Crippen molar-refractivity contribution in [2.75, 3.05) is 11.9 Å². The number of amides is 2. The number of hydrogen-bond acceptors (Lipinski definition) is 6. The molecule has 2 heterocycles. The predicted molar refractivity (Wildman–Crippen MR) is 86.3 cm³/mol. The van der Waals surface area contributed by atoms with Crippen LogP contribution in [0.3, 0.4) is 0 Å². The summed E-state index contributed by atoms with van der Waals surface area (Å²) in [5.41, 5.74) is 0.506. The second-order valence-electron chi connectivity index (χ2n) is 4.69. The smallest absolute Gasteiger partial charge is 0.407 e. The summed E-state index contributed by atoms with van der Waals surface area (Å²) in [4.78, 5) is 35.2. The number of cyclic esters (lactones) is 1. The number of hydrogen-bond donors (Lipinski definition) is 3. The molecular weight excluding hydrogens is 330 g/mol. The fourth-order valence-corrected chi connectivity index (χ4v) is 1.88. The van der Waals surface area contributed by atoms with Gasteiger partial charge in [-0.25, -0.2) is 9.78 Å². The normalized spacial score (nSPS) is 15.0. The molecule has 1 atom stereocenters. The van der Waals surface area contributed by atoms with Crippen molar-refractivity contribution in [2.45, 2.75) is 6.04 Å². The minimum absolute atomic E-state index is 0.0211. The molecule has 0 aliphatic carbocycles. The van der Waals surface area contributed by atoms with Gasteiger partial charge in [-0.1, -0.05) is 18.2 Å². The average Bonchev–Trinajstić information content (AvgIpc) is 3.05. The van der Waals surface area contributed by atoms with E-state index >= 15 is 0 Å². The highest BCUT2D eigenvalue weighted by molar-refractivity contribution is 5.97. The summed E-state index contributed by atoms with van der Waals surface area (Å²) >= 11 is 0. The van der Waals surface area contributed by atoms with Crippen LogP contribution in [0, 0.1) is 0 Å². The molecule has 1 fully saturated rings. The highest BCUT2D eigenvalue weighted by Gasteiger charge is 2.28. The molecule has 25 heavy (non-hydrogen) atoms. The maximum atomic E-state index is 11.9. The molecule has 0 spiro atoms. The molecule has 9 nitrogen and oxygen atoms in total. The van der Waals surface area contributed by atoms with Gasteiger partial charge >= 0.3 is 6.09 Å². The van der Waals surface area contributed by atoms with E-state index in [1.54, 1.807) is 12.1 Å². The third-order valence-corrected chi connectivity index (χ3v) is 2.96. The Labute approximate surface area is 142 Å². The van der Waals surface area contributed by atoms with Gasteiger partial charge in [0, 0.05) is 6.07 Å². The van der Waals surface area contributed by atoms with E-state index in [-0.39, 0.29) is 19.0 Å². The Morgan fingerprint density at radius 2 is 2.04 bits per heavy atom. The molecular formula is C16H15N3O6. The Kier molecular flexibility index (Phi) is 6.29. The topological polar surface area (TPSA) is 127 Å². The molecule has 130 valence electrons. The molecule has 2 amide bonds. The molecule has 3 rings (SSSR count). The molecule has 0 unspecified atom stereocenters. The van der Waals surface area contributed by atoms with E-state index in [4.69, 9.17) is 14.6 Å². The second kappa shape index (κ2) is 8.87. The fourth-order valence-electron chi connectivity index (χ4n) is 1.88. The quantitative estimate of drug-likeness (QED) is 0.719. The number of ether oxygens (including phenoxy) is 2. The van der Waals surface area contributed by atoms with E-state index < -0.39 is 12.1 Å². The van der Waals surface area contributed by atoms with Crippen molar-refractivity contribution in [1.82, 2.24) is 10.3 Å². The third-order valence-electron chi connectivity index (χ3n) is 2.96. The molecule has 1 aliphatic rings. The standard InChI is InChI=1S/C15H13N3O4.CH2O2/c19-14(12-9-21-15(20)18-12)17-10-6-7-13(16-8-10)22-11-4-2-1-3-5-11;2-1-3/h1-8,12H,9H2,(H,17,19)(H,18,20);1H,(H,2,3)/t12-;/m0./s1. The van der Waals surface area contributed by atoms with Crippen molar-refractivity contribution < 1.29 is 29.0 Å². The molecule has 1 saturated heterocycles. The monoisotopic (exact) mass is 345 g/mol. The lowest BCUT2D eigenvalue weighted by molar-refractivity contribution is -0.123. The first kappa shape index (κ1) is 17.7. The molecule has 3 N–H and O–H groups in total. The number of carbonyl (C=O) groups excluding carboxylic acids is 2. The Bertz CT molecular complexity index is 720. The molecule has 0 bridgehead atoms. The summed E-state index contributed by atoms with van der Waals surface area (Å²) in [5, 5.41) is 11.9. The first-order valence-corrected chi connectivity index (χ1v) is 7.13. The highest BCUT2D eigenvalue weighted by atomic mass is 16.6. The largest absolute Gasteiger partial charge is 0.483 e. The summed E-state index contributed by atoms with van der Waals surface area (Å²) in [6.45, 7) is -0.229. The number of pyridine rings is 1. The molecule has 1 aromatic carbocycles. The van der Waals surface area contributed by atoms with Gasteiger partial charge in [0.2, 0.25) is 5.88 Å². The van der Waals surface area contributed by atoms with E-state index in [9.17, 15) is 9.59 Å². The number of alkyl carbamates (subject to hydrolysis) is 1. The van der Waals surface area contributed by atoms with Gasteiger partial charge in [0.25, 0.3) is 12.4 Å². The van der Waals surface area contributed by atoms with Gasteiger partial charge in [-0.3, -0.25) is 9.59 Å². The Morgan fingerprint density at radius 3 is 2.60 bits per heavy atom. The van der Waals surface area contributed by atoms with Crippen LogP contribution >= 0.6 is 0 Å². The lowest BCUT2D eigenvalue weighted by Crippen LogP contribution is -2.38. The second-order valence-corrected chi connectivity index (χ2v) is 4.69. The number of carbonyl (C=O) groups is 3. The zero-order valence-corrected chi connectivity index (χ0v) is 12.9. The first-order valence-electron chi connectivity index (χ1n) is 7.13. The van der Waals surface area contributed by atoms with E-state index in [1.807, 2.05) is 30.3 Å². The van der Waals surface area contributed by atoms with Crippen LogP contribution < -0.4 is 15.4 Å². The van der Waals surface area contributed by atoms with Crippen molar-refractivity contribution in [2.24, 2.45) is 0 Å². The minimum Gasteiger partial charge on any atom is -0.483 e. The van der Waals surface area contributed by atoms with E-state index in [2.05, 4.69) is 20.4 Å². The highest BCUT2D eigenvalue weighted by Crippen LogP contribution is 2.19. The number of carboxylic acid groups (broad SMARTS) is 1. The lowest BCUT2D eigenvalue weighted by Gasteiger charge is -2.09. The first-order chi connectivity index (χ1) is 12.1. The zero-order valence-electron chi connectivity index (χ0n) is 12.9. The number of anilines is 1. The van der Waals surface area contributed by atoms with Crippen LogP contribution in [0.1, 0.15) is 0 Å². The molecule has 0 saturated carbocycles. The van der Waals surface area contributed by atoms with E-state index in [1.165, 1.54) is 6.20 Å². The van der Waals surface area contributed by atoms with Gasteiger partial charge in [-0.15, -0.1) is 0 Å². The Hall–Kier alpha value is -3.62. The number of aromatic nitrogens is 1. The van der Waals surface area contributed by atoms with Crippen LogP contribution in [0.2, 0.25) is 0 Å². The summed E-state index contributed by atoms with van der Waals surface area (Å²) in [6, 6.07) is 11.9. The zero-order chi connectivity index (χ0) is 18.1. The van der Waals surface area contributed by atoms with Crippen molar-refractivity contribution in [3.05, 3.63) is 48.7 Å². The number of para-hydroxylation sites is 1. The van der Waals surface area contributed by atoms with Crippen LogP contribution in [-0.2, 0) is 14.3 Å². The van der Waals surface area contributed by atoms with E-state index in [0.717, 1.165) is 0 Å². The van der Waals surface area contributed by atoms with Gasteiger partial charge in [-0.2, -0.15) is 0 Å². The molecule has 1 aromatic heterocycles. The third kappa shape index (κ3) is 5.50. The maximum Gasteiger partial charge on any atom is 0.407 e. The van der Waals surface area contributed by atoms with Crippen molar-refractivity contribution in [3.63, 3.8) is 0 Å². The van der Waals surface area contributed by atoms with Gasteiger partial charge in [0.15, 0.2) is 0 Å². The van der Waals surface area contributed by atoms with Crippen LogP contribution in [-0.4, -0.2) is 41.2 Å². The number of rotatable bonds is 4. The van der Waals surface area contributed by atoms with Gasteiger partial charge < -0.3 is 25.2 Å². The van der Waals surface area contributed by atoms with Crippen LogP contribution in [0.15, 0.2) is 48.7 Å². The SMILES string of the molecule is O=C1N[C@H](C(=O)Nc2ccc(Oc3ccccc3)nc2)CO1.O=CO. The maximum absolute atomic E-state index is 11.9. The average molecular weight is 345 g/mol. The van der Waals surface area contributed by atoms with Crippen LogP contribution in [0.5, 0.6) is 11.6 Å². The number of benzene rings is 1. The summed E-state index contributed by atoms with van der Waals surface area (Å²) < 4.78 is 10.2. The summed E-state index contributed by atoms with van der Waals surface area (Å²) in [5.74, 6) is 0.740. The van der Waals surface area contributed by atoms with Crippen molar-refractivity contribution in [1.29, 1.82) is 0 Å². The predicted octanol–water partition coefficient (Wildman–Crippen LogP) is 1.62. The Balaban J connectivity index is 0.000000701. The molecule has 2 aromatic rings. The summed E-state index contributed by atoms with van der Waals surface area (Å²) in [6.07, 6.45) is 0.887. The van der Waals surface area contributed by atoms with Gasteiger partial charge in [0.05, 0.1) is 11.9 Å². The number of nitrogens with one attached hydrogen (secondary N) is 2. The minimum atomic E-state index is -0.687. The molecule has 9 heteroatoms. The van der Waals surface area contributed by atoms with Crippen molar-refractivity contribution in [3.8, 4) is 11.6 Å². The van der Waals surface area contributed by atoms with Crippen LogP contribution in [0.4, 0.5) is 10.5 Å². The van der Waals surface area contributed by atoms with Gasteiger partial charge in [-0.05, 0) is 18.2 Å². The number of nitrogens with zero attached hydrogens (tertiary/aromatic N) is 1. The molecule has 0 radical (unpaired) electrons. The summed E-state index contributed by atoms with van der Waals surface area (Å²) in [7, 11) is 0. The fraction of sp³-hybridized carbons (Fsp3) is 0.125. The van der Waals surface area contributed by atoms with Crippen molar-refractivity contribution >= 4 is 24.2 Å².